The van der Waals surface area contributed by atoms with E-state index in [1.165, 1.54) is 38.6 Å². The third kappa shape index (κ3) is 4.42. The molecule has 252 valence electrons. The maximum Gasteiger partial charge on any atom is 0.160 e. The Morgan fingerprint density at radius 1 is 0.426 bits per heavy atom. The number of hydrogen-bond donors (Lipinski definition) is 0. The predicted octanol–water partition coefficient (Wildman–Crippen LogP) is 12.9. The third-order valence-corrected chi connectivity index (χ3v) is 11.2. The Labute approximate surface area is 312 Å². The lowest BCUT2D eigenvalue weighted by Crippen LogP contribution is -2.28. The van der Waals surface area contributed by atoms with Gasteiger partial charge in [0.1, 0.15) is 11.2 Å². The Bertz CT molecular complexity index is 2930. The van der Waals surface area contributed by atoms with Gasteiger partial charge in [0.2, 0.25) is 0 Å². The molecule has 1 aliphatic carbocycles. The summed E-state index contributed by atoms with van der Waals surface area (Å²) >= 11 is 0. The van der Waals surface area contributed by atoms with Crippen LogP contribution in [0.5, 0.6) is 0 Å². The molecule has 3 heteroatoms. The van der Waals surface area contributed by atoms with Crippen LogP contribution in [0.1, 0.15) is 22.3 Å². The fourth-order valence-corrected chi connectivity index (χ4v) is 8.87. The molecule has 0 fully saturated rings. The minimum Gasteiger partial charge on any atom is -0.455 e. The van der Waals surface area contributed by atoms with Gasteiger partial charge in [-0.2, -0.15) is 0 Å². The topological polar surface area (TPSA) is 38.9 Å². The van der Waals surface area contributed by atoms with Gasteiger partial charge in [-0.15, -0.1) is 0 Å². The van der Waals surface area contributed by atoms with Crippen LogP contribution in [0.2, 0.25) is 0 Å². The lowest BCUT2D eigenvalue weighted by Gasteiger charge is -2.34. The Kier molecular flexibility index (Phi) is 6.77. The maximum atomic E-state index is 7.11. The fourth-order valence-electron chi connectivity index (χ4n) is 8.87. The van der Waals surface area contributed by atoms with Crippen LogP contribution < -0.4 is 0 Å². The van der Waals surface area contributed by atoms with Crippen LogP contribution in [-0.2, 0) is 5.41 Å². The highest BCUT2D eigenvalue weighted by molar-refractivity contribution is 6.20. The van der Waals surface area contributed by atoms with Gasteiger partial charge in [0.25, 0.3) is 0 Å². The summed E-state index contributed by atoms with van der Waals surface area (Å²) < 4.78 is 7.11. The molecule has 10 aromatic rings. The van der Waals surface area contributed by atoms with Gasteiger partial charge >= 0.3 is 0 Å². The van der Waals surface area contributed by atoms with E-state index in [-0.39, 0.29) is 0 Å². The number of rotatable bonds is 5. The van der Waals surface area contributed by atoms with E-state index in [0.717, 1.165) is 55.6 Å². The van der Waals surface area contributed by atoms with Crippen molar-refractivity contribution in [2.45, 2.75) is 5.41 Å². The first kappa shape index (κ1) is 30.5. The Hall–Kier alpha value is -7.10. The van der Waals surface area contributed by atoms with Gasteiger partial charge in [-0.3, -0.25) is 0 Å². The van der Waals surface area contributed by atoms with Crippen LogP contribution >= 0.6 is 0 Å². The van der Waals surface area contributed by atoms with Crippen molar-refractivity contribution < 1.29 is 4.42 Å². The van der Waals surface area contributed by atoms with E-state index in [2.05, 4.69) is 170 Å². The molecule has 2 heterocycles. The summed E-state index contributed by atoms with van der Waals surface area (Å²) in [7, 11) is 0. The van der Waals surface area contributed by atoms with E-state index in [9.17, 15) is 0 Å². The molecule has 0 radical (unpaired) electrons. The largest absolute Gasteiger partial charge is 0.455 e. The van der Waals surface area contributed by atoms with Gasteiger partial charge in [-0.25, -0.2) is 9.97 Å². The molecule has 2 aromatic heterocycles. The summed E-state index contributed by atoms with van der Waals surface area (Å²) in [5, 5.41) is 4.52. The van der Waals surface area contributed by atoms with Gasteiger partial charge in [-0.1, -0.05) is 176 Å². The highest BCUT2D eigenvalue weighted by Gasteiger charge is 2.48. The molecule has 0 amide bonds. The normalized spacial score (nSPS) is 13.0. The van der Waals surface area contributed by atoms with Crippen LogP contribution in [0, 0.1) is 0 Å². The van der Waals surface area contributed by atoms with Crippen molar-refractivity contribution in [2.24, 2.45) is 0 Å². The van der Waals surface area contributed by atoms with Crippen molar-refractivity contribution in [3.05, 3.63) is 216 Å². The molecule has 0 bridgehead atoms. The molecular weight excluding hydrogens is 657 g/mol. The molecule has 54 heavy (non-hydrogen) atoms. The molecule has 0 atom stereocenters. The molecule has 3 nitrogen and oxygen atoms in total. The number of furan rings is 1. The van der Waals surface area contributed by atoms with E-state index in [4.69, 9.17) is 14.4 Å². The first-order valence-corrected chi connectivity index (χ1v) is 18.4. The zero-order chi connectivity index (χ0) is 35.6. The Morgan fingerprint density at radius 2 is 1.00 bits per heavy atom. The number of para-hydroxylation sites is 1. The summed E-state index contributed by atoms with van der Waals surface area (Å²) in [5.74, 6) is 0.681. The first-order valence-electron chi connectivity index (χ1n) is 18.4. The number of fused-ring (bicyclic) bond motifs is 9. The fraction of sp³-hybridized carbons (Fsp3) is 0.0196. The SMILES string of the molecule is c1ccc(-c2cc(-c3cc4c(c5oc6ccccc6c35)-c3c(ccc5ccccc35)C4(c3ccccc3)c3ccccc3)nc(-c3ccccc3)n2)cc1. The van der Waals surface area contributed by atoms with Gasteiger partial charge < -0.3 is 4.42 Å². The van der Waals surface area contributed by atoms with Gasteiger partial charge in [0.15, 0.2) is 5.82 Å². The molecule has 8 aromatic carbocycles. The molecule has 0 saturated carbocycles. The summed E-state index contributed by atoms with van der Waals surface area (Å²) in [6, 6.07) is 68.9. The van der Waals surface area contributed by atoms with E-state index >= 15 is 0 Å². The van der Waals surface area contributed by atoms with E-state index in [0.29, 0.717) is 5.82 Å². The third-order valence-electron chi connectivity index (χ3n) is 11.2. The highest BCUT2D eigenvalue weighted by Crippen LogP contribution is 2.61. The van der Waals surface area contributed by atoms with Crippen molar-refractivity contribution in [2.75, 3.05) is 0 Å². The van der Waals surface area contributed by atoms with Crippen molar-refractivity contribution >= 4 is 32.7 Å². The Morgan fingerprint density at radius 3 is 1.70 bits per heavy atom. The molecule has 0 spiro atoms. The van der Waals surface area contributed by atoms with Gasteiger partial charge in [0, 0.05) is 33.0 Å². The smallest absolute Gasteiger partial charge is 0.160 e. The summed E-state index contributed by atoms with van der Waals surface area (Å²) in [6.45, 7) is 0. The van der Waals surface area contributed by atoms with Crippen LogP contribution in [-0.4, -0.2) is 9.97 Å². The molecule has 0 aliphatic heterocycles. The zero-order valence-corrected chi connectivity index (χ0v) is 29.3. The predicted molar refractivity (Wildman–Crippen MR) is 220 cm³/mol. The lowest BCUT2D eigenvalue weighted by molar-refractivity contribution is 0.669. The van der Waals surface area contributed by atoms with E-state index in [1.54, 1.807) is 0 Å². The second-order valence-corrected chi connectivity index (χ2v) is 14.0. The average Bonchev–Trinajstić information content (AvgIpc) is 3.79. The van der Waals surface area contributed by atoms with Crippen LogP contribution in [0.4, 0.5) is 0 Å². The first-order chi connectivity index (χ1) is 26.8. The molecule has 0 N–H and O–H groups in total. The quantitative estimate of drug-likeness (QED) is 0.181. The molecule has 11 rings (SSSR count). The summed E-state index contributed by atoms with van der Waals surface area (Å²) in [4.78, 5) is 10.6. The van der Waals surface area contributed by atoms with Crippen LogP contribution in [0.15, 0.2) is 199 Å². The monoisotopic (exact) mass is 688 g/mol. The van der Waals surface area contributed by atoms with E-state index in [1.807, 2.05) is 24.3 Å². The zero-order valence-electron chi connectivity index (χ0n) is 29.3. The van der Waals surface area contributed by atoms with Gasteiger partial charge in [0.05, 0.1) is 16.8 Å². The molecule has 0 saturated heterocycles. The average molecular weight is 689 g/mol. The molecule has 1 aliphatic rings. The summed E-state index contributed by atoms with van der Waals surface area (Å²) in [6.07, 6.45) is 0. The van der Waals surface area contributed by atoms with Crippen LogP contribution in [0.25, 0.3) is 77.7 Å². The minimum atomic E-state index is -0.642. The number of benzene rings is 8. The number of hydrogen-bond acceptors (Lipinski definition) is 3. The van der Waals surface area contributed by atoms with Crippen molar-refractivity contribution in [1.29, 1.82) is 0 Å². The van der Waals surface area contributed by atoms with Crippen molar-refractivity contribution in [1.82, 2.24) is 9.97 Å². The summed E-state index contributed by atoms with van der Waals surface area (Å²) in [5.41, 5.74) is 13.0. The number of nitrogens with zero attached hydrogens (tertiary/aromatic N) is 2. The maximum absolute atomic E-state index is 7.11. The Balaban J connectivity index is 1.35. The van der Waals surface area contributed by atoms with Crippen molar-refractivity contribution in [3.8, 4) is 45.0 Å². The van der Waals surface area contributed by atoms with Crippen molar-refractivity contribution in [3.63, 3.8) is 0 Å². The second kappa shape index (κ2) is 12.0. The number of aromatic nitrogens is 2. The second-order valence-electron chi connectivity index (χ2n) is 14.0. The minimum absolute atomic E-state index is 0.642. The highest BCUT2D eigenvalue weighted by atomic mass is 16.3. The van der Waals surface area contributed by atoms with Crippen LogP contribution in [0.3, 0.4) is 0 Å². The lowest BCUT2D eigenvalue weighted by atomic mass is 9.67. The molecular formula is C51H32N2O. The van der Waals surface area contributed by atoms with Gasteiger partial charge in [-0.05, 0) is 56.8 Å². The van der Waals surface area contributed by atoms with E-state index < -0.39 is 5.41 Å². The molecule has 0 unspecified atom stereocenters. The standard InChI is InChI=1S/C51H32N2O/c1-5-18-34(19-6-1)43-32-44(53-50(52-43)35-20-7-2-8-21-35)40-31-42-48(49-46(40)39-27-15-16-28-45(39)54-49)47-38-26-14-13-17-33(38)29-30-41(47)51(42,36-22-9-3-10-23-36)37-24-11-4-12-25-37/h1-32H.